The fourth-order valence-electron chi connectivity index (χ4n) is 2.21. The summed E-state index contributed by atoms with van der Waals surface area (Å²) in [5.41, 5.74) is 1.79. The minimum absolute atomic E-state index is 0.262. The maximum atomic E-state index is 9.89. The molecule has 0 aliphatic rings. The number of para-hydroxylation sites is 1. The number of phenols is 1. The van der Waals surface area contributed by atoms with E-state index in [0.717, 1.165) is 22.1 Å². The number of anilines is 2. The molecule has 3 aromatic carbocycles. The van der Waals surface area contributed by atoms with Crippen molar-refractivity contribution < 1.29 is 5.11 Å². The molecule has 104 valence electrons. The fraction of sp³-hybridized carbons (Fsp3) is 0. The van der Waals surface area contributed by atoms with Crippen molar-refractivity contribution in [3.05, 3.63) is 66.7 Å². The van der Waals surface area contributed by atoms with Crippen molar-refractivity contribution >= 4 is 39.5 Å². The van der Waals surface area contributed by atoms with Crippen LogP contribution in [0.1, 0.15) is 0 Å². The van der Waals surface area contributed by atoms with Gasteiger partial charge in [-0.05, 0) is 36.5 Å². The molecular weight excluding hydrogens is 280 g/mol. The summed E-state index contributed by atoms with van der Waals surface area (Å²) in [5, 5.41) is 18.4. The van der Waals surface area contributed by atoms with Crippen LogP contribution >= 0.6 is 12.2 Å². The lowest BCUT2D eigenvalue weighted by Crippen LogP contribution is -2.19. The highest BCUT2D eigenvalue weighted by Gasteiger charge is 2.05. The third-order valence-electron chi connectivity index (χ3n) is 3.18. The Morgan fingerprint density at radius 1 is 0.762 bits per heavy atom. The van der Waals surface area contributed by atoms with Gasteiger partial charge in [0.1, 0.15) is 5.75 Å². The Morgan fingerprint density at radius 2 is 1.48 bits per heavy atom. The molecule has 21 heavy (non-hydrogen) atoms. The standard InChI is InChI=1S/C17H14N2OS/c20-16-11-5-8-13-14(16)9-4-10-15(13)19-17(21)18-12-6-2-1-3-7-12/h1-11,20H,(H2,18,19,21). The van der Waals surface area contributed by atoms with Gasteiger partial charge in [0.15, 0.2) is 5.11 Å². The van der Waals surface area contributed by atoms with Gasteiger partial charge in [-0.15, -0.1) is 0 Å². The third kappa shape index (κ3) is 2.95. The second-order valence-corrected chi connectivity index (χ2v) is 5.03. The molecule has 3 aromatic rings. The van der Waals surface area contributed by atoms with Crippen LogP contribution in [0.2, 0.25) is 0 Å². The van der Waals surface area contributed by atoms with Crippen molar-refractivity contribution in [3.8, 4) is 5.75 Å². The molecule has 0 amide bonds. The van der Waals surface area contributed by atoms with Gasteiger partial charge >= 0.3 is 0 Å². The van der Waals surface area contributed by atoms with Gasteiger partial charge in [-0.3, -0.25) is 0 Å². The zero-order valence-corrected chi connectivity index (χ0v) is 12.0. The average Bonchev–Trinajstić information content (AvgIpc) is 2.49. The fourth-order valence-corrected chi connectivity index (χ4v) is 2.44. The smallest absolute Gasteiger partial charge is 0.175 e. The highest BCUT2D eigenvalue weighted by Crippen LogP contribution is 2.29. The zero-order valence-electron chi connectivity index (χ0n) is 11.2. The first-order valence-corrected chi connectivity index (χ1v) is 6.98. The van der Waals surface area contributed by atoms with Crippen molar-refractivity contribution in [2.75, 3.05) is 10.6 Å². The Kier molecular flexibility index (Phi) is 3.71. The quantitative estimate of drug-likeness (QED) is 0.615. The SMILES string of the molecule is Oc1cccc2c(NC(=S)Nc3ccccc3)cccc12. The maximum absolute atomic E-state index is 9.89. The molecule has 0 atom stereocenters. The van der Waals surface area contributed by atoms with E-state index in [2.05, 4.69) is 10.6 Å². The van der Waals surface area contributed by atoms with E-state index in [1.54, 1.807) is 6.07 Å². The molecule has 3 N–H and O–H groups in total. The average molecular weight is 294 g/mol. The van der Waals surface area contributed by atoms with Crippen LogP contribution in [0.4, 0.5) is 11.4 Å². The minimum Gasteiger partial charge on any atom is -0.507 e. The van der Waals surface area contributed by atoms with Crippen LogP contribution in [0, 0.1) is 0 Å². The third-order valence-corrected chi connectivity index (χ3v) is 3.38. The van der Waals surface area contributed by atoms with Gasteiger partial charge in [0.25, 0.3) is 0 Å². The molecule has 0 aromatic heterocycles. The molecular formula is C17H14N2OS. The topological polar surface area (TPSA) is 44.3 Å². The van der Waals surface area contributed by atoms with Crippen LogP contribution in [0.15, 0.2) is 66.7 Å². The van der Waals surface area contributed by atoms with Crippen LogP contribution < -0.4 is 10.6 Å². The first-order chi connectivity index (χ1) is 10.2. The number of phenolic OH excluding ortho intramolecular Hbond substituents is 1. The van der Waals surface area contributed by atoms with Crippen molar-refractivity contribution in [1.29, 1.82) is 0 Å². The Bertz CT molecular complexity index is 787. The van der Waals surface area contributed by atoms with E-state index in [9.17, 15) is 5.11 Å². The number of aromatic hydroxyl groups is 1. The van der Waals surface area contributed by atoms with E-state index in [4.69, 9.17) is 12.2 Å². The predicted octanol–water partition coefficient (Wildman–Crippen LogP) is 4.35. The molecule has 3 rings (SSSR count). The summed E-state index contributed by atoms with van der Waals surface area (Å²) in [4.78, 5) is 0. The lowest BCUT2D eigenvalue weighted by Gasteiger charge is -2.13. The lowest BCUT2D eigenvalue weighted by molar-refractivity contribution is 0.481. The van der Waals surface area contributed by atoms with E-state index in [-0.39, 0.29) is 5.75 Å². The van der Waals surface area contributed by atoms with Gasteiger partial charge in [-0.2, -0.15) is 0 Å². The summed E-state index contributed by atoms with van der Waals surface area (Å²) in [6.07, 6.45) is 0. The number of hydrogen-bond donors (Lipinski definition) is 3. The van der Waals surface area contributed by atoms with Crippen LogP contribution in [0.3, 0.4) is 0 Å². The molecule has 0 heterocycles. The summed E-state index contributed by atoms with van der Waals surface area (Å²) in [6, 6.07) is 20.9. The Balaban J connectivity index is 1.85. The first-order valence-electron chi connectivity index (χ1n) is 6.58. The summed E-state index contributed by atoms with van der Waals surface area (Å²) in [6.45, 7) is 0. The van der Waals surface area contributed by atoms with E-state index in [0.29, 0.717) is 5.11 Å². The van der Waals surface area contributed by atoms with Crippen LogP contribution in [-0.2, 0) is 0 Å². The van der Waals surface area contributed by atoms with E-state index >= 15 is 0 Å². The van der Waals surface area contributed by atoms with Gasteiger partial charge < -0.3 is 15.7 Å². The zero-order chi connectivity index (χ0) is 14.7. The van der Waals surface area contributed by atoms with Crippen molar-refractivity contribution in [3.63, 3.8) is 0 Å². The summed E-state index contributed by atoms with van der Waals surface area (Å²) < 4.78 is 0. The molecule has 0 bridgehead atoms. The summed E-state index contributed by atoms with van der Waals surface area (Å²) in [5.74, 6) is 0.262. The molecule has 0 saturated heterocycles. The number of nitrogens with one attached hydrogen (secondary N) is 2. The number of rotatable bonds is 2. The van der Waals surface area contributed by atoms with Crippen LogP contribution in [-0.4, -0.2) is 10.2 Å². The molecule has 0 saturated carbocycles. The second-order valence-electron chi connectivity index (χ2n) is 4.62. The highest BCUT2D eigenvalue weighted by molar-refractivity contribution is 7.80. The Morgan fingerprint density at radius 3 is 2.29 bits per heavy atom. The van der Waals surface area contributed by atoms with Crippen LogP contribution in [0.5, 0.6) is 5.75 Å². The normalized spacial score (nSPS) is 10.3. The largest absolute Gasteiger partial charge is 0.507 e. The van der Waals surface area contributed by atoms with Crippen molar-refractivity contribution in [2.45, 2.75) is 0 Å². The molecule has 0 aliphatic carbocycles. The van der Waals surface area contributed by atoms with Crippen molar-refractivity contribution in [1.82, 2.24) is 0 Å². The Labute approximate surface area is 128 Å². The lowest BCUT2D eigenvalue weighted by atomic mass is 10.1. The number of fused-ring (bicyclic) bond motifs is 1. The molecule has 0 fully saturated rings. The van der Waals surface area contributed by atoms with Gasteiger partial charge in [0.2, 0.25) is 0 Å². The van der Waals surface area contributed by atoms with Crippen LogP contribution in [0.25, 0.3) is 10.8 Å². The Hall–Kier alpha value is -2.59. The number of hydrogen-bond acceptors (Lipinski definition) is 2. The van der Waals surface area contributed by atoms with Crippen molar-refractivity contribution in [2.24, 2.45) is 0 Å². The summed E-state index contributed by atoms with van der Waals surface area (Å²) >= 11 is 5.33. The van der Waals surface area contributed by atoms with Gasteiger partial charge in [-0.1, -0.05) is 42.5 Å². The highest BCUT2D eigenvalue weighted by atomic mass is 32.1. The van der Waals surface area contributed by atoms with E-state index in [1.165, 1.54) is 0 Å². The molecule has 0 spiro atoms. The molecule has 4 heteroatoms. The number of thiocarbonyl (C=S) groups is 1. The molecule has 0 radical (unpaired) electrons. The summed E-state index contributed by atoms with van der Waals surface area (Å²) in [7, 11) is 0. The van der Waals surface area contributed by atoms with Gasteiger partial charge in [-0.25, -0.2) is 0 Å². The van der Waals surface area contributed by atoms with Gasteiger partial charge in [0.05, 0.1) is 0 Å². The van der Waals surface area contributed by atoms with E-state index < -0.39 is 0 Å². The molecule has 0 unspecified atom stereocenters. The first kappa shape index (κ1) is 13.4. The molecule has 0 aliphatic heterocycles. The maximum Gasteiger partial charge on any atom is 0.175 e. The van der Waals surface area contributed by atoms with Gasteiger partial charge in [0, 0.05) is 22.1 Å². The van der Waals surface area contributed by atoms with E-state index in [1.807, 2.05) is 60.7 Å². The predicted molar refractivity (Wildman–Crippen MR) is 91.9 cm³/mol. The monoisotopic (exact) mass is 294 g/mol. The second kappa shape index (κ2) is 5.81. The molecule has 3 nitrogen and oxygen atoms in total. The minimum atomic E-state index is 0.262. The number of benzene rings is 3.